The summed E-state index contributed by atoms with van der Waals surface area (Å²) in [6.45, 7) is 1.27. The average Bonchev–Trinajstić information content (AvgIpc) is 2.37. The molecule has 7 heteroatoms. The second-order valence-electron chi connectivity index (χ2n) is 4.54. The Morgan fingerprint density at radius 2 is 1.85 bits per heavy atom. The molecule has 0 spiro atoms. The molecule has 20 heavy (non-hydrogen) atoms. The summed E-state index contributed by atoms with van der Waals surface area (Å²) in [7, 11) is 0. The fraction of sp³-hybridized carbons (Fsp3) is 0.385. The monoisotopic (exact) mass is 282 g/mol. The Labute approximate surface area is 116 Å². The molecule has 1 rings (SSSR count). The molecule has 1 aromatic carbocycles. The lowest BCUT2D eigenvalue weighted by atomic mass is 10.0. The quantitative estimate of drug-likeness (QED) is 0.464. The summed E-state index contributed by atoms with van der Waals surface area (Å²) in [6.07, 6.45) is -1.03. The van der Waals surface area contributed by atoms with Crippen LogP contribution in [-0.2, 0) is 16.0 Å². The highest BCUT2D eigenvalue weighted by Gasteiger charge is 2.27. The molecule has 0 aliphatic heterocycles. The van der Waals surface area contributed by atoms with E-state index in [9.17, 15) is 14.7 Å². The van der Waals surface area contributed by atoms with Crippen LogP contribution < -0.4 is 11.1 Å². The molecule has 0 saturated heterocycles. The number of hydrogen-bond donors (Lipinski definition) is 5. The average molecular weight is 282 g/mol. The van der Waals surface area contributed by atoms with Crippen molar-refractivity contribution >= 4 is 11.9 Å². The number of aliphatic hydroxyl groups excluding tert-OH is 1. The smallest absolute Gasteiger partial charge is 0.328 e. The van der Waals surface area contributed by atoms with E-state index >= 15 is 0 Å². The van der Waals surface area contributed by atoms with Crippen molar-refractivity contribution in [3.05, 3.63) is 29.8 Å². The largest absolute Gasteiger partial charge is 0.508 e. The van der Waals surface area contributed by atoms with Crippen molar-refractivity contribution in [2.24, 2.45) is 5.73 Å². The lowest BCUT2D eigenvalue weighted by Crippen LogP contribution is -2.53. The minimum Gasteiger partial charge on any atom is -0.508 e. The summed E-state index contributed by atoms with van der Waals surface area (Å²) in [5.74, 6) is -1.89. The Morgan fingerprint density at radius 3 is 2.30 bits per heavy atom. The first-order chi connectivity index (χ1) is 9.31. The van der Waals surface area contributed by atoms with Crippen LogP contribution in [0.2, 0.25) is 0 Å². The highest BCUT2D eigenvalue weighted by Crippen LogP contribution is 2.11. The van der Waals surface area contributed by atoms with Gasteiger partial charge in [-0.3, -0.25) is 4.79 Å². The first kappa shape index (κ1) is 15.9. The van der Waals surface area contributed by atoms with Crippen molar-refractivity contribution in [1.29, 1.82) is 0 Å². The molecule has 0 saturated carbocycles. The second-order valence-corrected chi connectivity index (χ2v) is 4.54. The third-order valence-corrected chi connectivity index (χ3v) is 2.77. The maximum atomic E-state index is 11.8. The Balaban J connectivity index is 2.62. The van der Waals surface area contributed by atoms with Gasteiger partial charge in [-0.05, 0) is 31.0 Å². The van der Waals surface area contributed by atoms with Crippen LogP contribution in [0.1, 0.15) is 12.5 Å². The number of aliphatic carboxylic acids is 1. The van der Waals surface area contributed by atoms with Crippen molar-refractivity contribution in [2.45, 2.75) is 31.5 Å². The van der Waals surface area contributed by atoms with Gasteiger partial charge in [-0.1, -0.05) is 12.1 Å². The number of aromatic hydroxyl groups is 1. The molecule has 0 unspecified atom stereocenters. The van der Waals surface area contributed by atoms with E-state index in [1.54, 1.807) is 12.1 Å². The van der Waals surface area contributed by atoms with Crippen LogP contribution in [0.5, 0.6) is 5.75 Å². The molecule has 1 aromatic rings. The third-order valence-electron chi connectivity index (χ3n) is 2.77. The molecule has 0 bridgehead atoms. The number of carbonyl (C=O) groups excluding carboxylic acids is 1. The summed E-state index contributed by atoms with van der Waals surface area (Å²) in [6, 6.07) is 3.83. The molecule has 1 amide bonds. The van der Waals surface area contributed by atoms with Crippen LogP contribution in [-0.4, -0.2) is 45.4 Å². The zero-order valence-electron chi connectivity index (χ0n) is 11.0. The predicted octanol–water partition coefficient (Wildman–Crippen LogP) is -0.788. The van der Waals surface area contributed by atoms with E-state index in [-0.39, 0.29) is 12.2 Å². The number of hydrogen-bond acceptors (Lipinski definition) is 5. The minimum atomic E-state index is -1.40. The molecule has 0 fully saturated rings. The lowest BCUT2D eigenvalue weighted by Gasteiger charge is -2.19. The van der Waals surface area contributed by atoms with Gasteiger partial charge >= 0.3 is 5.97 Å². The highest BCUT2D eigenvalue weighted by molar-refractivity contribution is 5.87. The summed E-state index contributed by atoms with van der Waals surface area (Å²) >= 11 is 0. The van der Waals surface area contributed by atoms with Gasteiger partial charge in [0.25, 0.3) is 0 Å². The number of carboxylic acid groups (broad SMARTS) is 1. The number of carbonyl (C=O) groups is 2. The third kappa shape index (κ3) is 4.52. The van der Waals surface area contributed by atoms with Gasteiger partial charge in [-0.15, -0.1) is 0 Å². The highest BCUT2D eigenvalue weighted by atomic mass is 16.4. The lowest BCUT2D eigenvalue weighted by molar-refractivity contribution is -0.144. The van der Waals surface area contributed by atoms with E-state index in [0.29, 0.717) is 0 Å². The van der Waals surface area contributed by atoms with Gasteiger partial charge in [-0.25, -0.2) is 4.79 Å². The van der Waals surface area contributed by atoms with Crippen LogP contribution >= 0.6 is 0 Å². The molecule has 0 aromatic heterocycles. The Kier molecular flexibility index (Phi) is 5.48. The van der Waals surface area contributed by atoms with E-state index in [1.165, 1.54) is 19.1 Å². The molecule has 3 atom stereocenters. The van der Waals surface area contributed by atoms with Crippen molar-refractivity contribution in [3.8, 4) is 5.75 Å². The van der Waals surface area contributed by atoms with Gasteiger partial charge in [0.05, 0.1) is 12.1 Å². The number of phenols is 1. The first-order valence-corrected chi connectivity index (χ1v) is 6.06. The summed E-state index contributed by atoms with van der Waals surface area (Å²) < 4.78 is 0. The molecular formula is C13H18N2O5. The van der Waals surface area contributed by atoms with Crippen LogP contribution in [0.25, 0.3) is 0 Å². The Morgan fingerprint density at radius 1 is 1.30 bits per heavy atom. The van der Waals surface area contributed by atoms with Gasteiger partial charge in [0.2, 0.25) is 5.91 Å². The van der Waals surface area contributed by atoms with Crippen molar-refractivity contribution in [1.82, 2.24) is 5.32 Å². The molecule has 7 nitrogen and oxygen atoms in total. The minimum absolute atomic E-state index is 0.104. The van der Waals surface area contributed by atoms with Crippen molar-refractivity contribution < 1.29 is 24.9 Å². The summed E-state index contributed by atoms with van der Waals surface area (Å²) in [5.41, 5.74) is 6.42. The topological polar surface area (TPSA) is 133 Å². The molecular weight excluding hydrogens is 264 g/mol. The number of amides is 1. The van der Waals surface area contributed by atoms with Gasteiger partial charge in [-0.2, -0.15) is 0 Å². The Bertz CT molecular complexity index is 472. The molecule has 110 valence electrons. The number of carboxylic acids is 1. The van der Waals surface area contributed by atoms with E-state index in [1.807, 2.05) is 0 Å². The standard InChI is InChI=1S/C13H18N2O5/c1-7(16)11(13(19)20)15-12(18)10(14)6-8-2-4-9(17)5-3-8/h2-5,7,10-11,16-17H,6,14H2,1H3,(H,15,18)(H,19,20)/t7-,10-,11+/m1/s1. The number of benzene rings is 1. The molecule has 0 heterocycles. The van der Waals surface area contributed by atoms with Crippen LogP contribution in [0.3, 0.4) is 0 Å². The zero-order valence-corrected chi connectivity index (χ0v) is 11.0. The van der Waals surface area contributed by atoms with E-state index < -0.39 is 30.1 Å². The van der Waals surface area contributed by atoms with Gasteiger partial charge in [0.15, 0.2) is 6.04 Å². The molecule has 0 radical (unpaired) electrons. The Hall–Kier alpha value is -2.12. The molecule has 6 N–H and O–H groups in total. The number of nitrogens with two attached hydrogens (primary N) is 1. The second kappa shape index (κ2) is 6.88. The molecule has 0 aliphatic rings. The van der Waals surface area contributed by atoms with E-state index in [2.05, 4.69) is 5.32 Å². The number of phenolic OH excluding ortho intramolecular Hbond substituents is 1. The fourth-order valence-electron chi connectivity index (χ4n) is 1.63. The van der Waals surface area contributed by atoms with E-state index in [4.69, 9.17) is 15.9 Å². The number of nitrogens with one attached hydrogen (secondary N) is 1. The number of rotatable bonds is 6. The van der Waals surface area contributed by atoms with Crippen LogP contribution in [0.4, 0.5) is 0 Å². The fourth-order valence-corrected chi connectivity index (χ4v) is 1.63. The summed E-state index contributed by atoms with van der Waals surface area (Å²) in [5, 5.41) is 29.4. The first-order valence-electron chi connectivity index (χ1n) is 6.06. The van der Waals surface area contributed by atoms with Crippen molar-refractivity contribution in [3.63, 3.8) is 0 Å². The van der Waals surface area contributed by atoms with E-state index in [0.717, 1.165) is 5.56 Å². The van der Waals surface area contributed by atoms with Gasteiger partial charge in [0.1, 0.15) is 5.75 Å². The van der Waals surface area contributed by atoms with Crippen LogP contribution in [0.15, 0.2) is 24.3 Å². The maximum absolute atomic E-state index is 11.8. The SMILES string of the molecule is C[C@@H](O)[C@H](NC(=O)[C@H](N)Cc1ccc(O)cc1)C(=O)O. The van der Waals surface area contributed by atoms with Gasteiger partial charge < -0.3 is 26.4 Å². The molecule has 0 aliphatic carbocycles. The zero-order chi connectivity index (χ0) is 15.3. The normalized spacial score (nSPS) is 15.2. The maximum Gasteiger partial charge on any atom is 0.328 e. The van der Waals surface area contributed by atoms with Crippen molar-refractivity contribution in [2.75, 3.05) is 0 Å². The van der Waals surface area contributed by atoms with Gasteiger partial charge in [0, 0.05) is 0 Å². The predicted molar refractivity (Wildman–Crippen MR) is 71.0 cm³/mol. The summed E-state index contributed by atoms with van der Waals surface area (Å²) in [4.78, 5) is 22.6. The van der Waals surface area contributed by atoms with Crippen LogP contribution in [0, 0.1) is 0 Å². The number of aliphatic hydroxyl groups is 1.